The molecule has 0 fully saturated rings. The first-order valence-corrected chi connectivity index (χ1v) is 25.7. The van der Waals surface area contributed by atoms with E-state index in [0.29, 0.717) is 17.5 Å². The molecule has 14 rings (SSSR count). The summed E-state index contributed by atoms with van der Waals surface area (Å²) < 4.78 is 11.3. The van der Waals surface area contributed by atoms with E-state index in [1.54, 1.807) is 0 Å². The number of aromatic nitrogens is 4. The fourth-order valence-electron chi connectivity index (χ4n) is 10.1. The second-order valence-corrected chi connectivity index (χ2v) is 18.9. The van der Waals surface area contributed by atoms with Gasteiger partial charge in [0.05, 0.1) is 11.0 Å². The number of nitrogens with zero attached hydrogens (tertiary/aromatic N) is 4. The van der Waals surface area contributed by atoms with Gasteiger partial charge in [0.1, 0.15) is 11.2 Å². The standard InChI is InChI=1S/C61H36N4OS.C3H8.C2H6/c1-3-14-37(15-4-1)40-29-32-52-51(35-40)48-24-12-23-47(49-25-13-26-50-56-44-21-8-7-16-38(44)30-33-55(56)67-58(49)50)57(48)65(52)43-20-11-19-41(34-43)60-62-59(39-17-5-2-6-18-39)63-61(64-60)42-28-31-46-45-22-9-10-27-53(45)66-54(46)36-42;1-3-2;1-2/h1-36H;3H2,1-2H3;1-2H3. The van der Waals surface area contributed by atoms with E-state index in [2.05, 4.69) is 182 Å². The maximum atomic E-state index is 6.33. The molecule has 0 aliphatic heterocycles. The summed E-state index contributed by atoms with van der Waals surface area (Å²) in [6.45, 7) is 8.25. The zero-order chi connectivity index (χ0) is 48.7. The van der Waals surface area contributed by atoms with Crippen molar-refractivity contribution >= 4 is 86.0 Å². The molecule has 0 saturated carbocycles. The Balaban J connectivity index is 0.00000102. The van der Waals surface area contributed by atoms with Crippen LogP contribution in [0, 0.1) is 0 Å². The summed E-state index contributed by atoms with van der Waals surface area (Å²) >= 11 is 1.88. The van der Waals surface area contributed by atoms with E-state index in [0.717, 1.165) is 55.3 Å². The Kier molecular flexibility index (Phi) is 11.7. The summed E-state index contributed by atoms with van der Waals surface area (Å²) in [4.78, 5) is 15.5. The minimum absolute atomic E-state index is 0.577. The Morgan fingerprint density at radius 2 is 1.00 bits per heavy atom. The maximum absolute atomic E-state index is 6.33. The van der Waals surface area contributed by atoms with E-state index in [-0.39, 0.29) is 0 Å². The second-order valence-electron chi connectivity index (χ2n) is 17.8. The van der Waals surface area contributed by atoms with Crippen molar-refractivity contribution in [3.63, 3.8) is 0 Å². The molecule has 0 radical (unpaired) electrons. The summed E-state index contributed by atoms with van der Waals surface area (Å²) in [5.41, 5.74) is 12.3. The topological polar surface area (TPSA) is 56.7 Å². The molecule has 0 spiro atoms. The van der Waals surface area contributed by atoms with Crippen LogP contribution in [0.2, 0.25) is 0 Å². The molecule has 14 aromatic rings. The number of hydrogen-bond acceptors (Lipinski definition) is 5. The molecule has 10 aromatic carbocycles. The van der Waals surface area contributed by atoms with Crippen LogP contribution in [0.4, 0.5) is 0 Å². The third kappa shape index (κ3) is 7.68. The highest BCUT2D eigenvalue weighted by molar-refractivity contribution is 7.26. The zero-order valence-electron chi connectivity index (χ0n) is 40.6. The average molecular weight is 947 g/mol. The molecule has 0 aliphatic carbocycles. The van der Waals surface area contributed by atoms with Gasteiger partial charge in [-0.25, -0.2) is 15.0 Å². The predicted molar refractivity (Wildman–Crippen MR) is 306 cm³/mol. The Labute approximate surface area is 422 Å². The first kappa shape index (κ1) is 44.5. The van der Waals surface area contributed by atoms with Gasteiger partial charge in [0.25, 0.3) is 0 Å². The highest BCUT2D eigenvalue weighted by Crippen LogP contribution is 2.46. The second kappa shape index (κ2) is 18.9. The van der Waals surface area contributed by atoms with Crippen molar-refractivity contribution in [3.8, 4) is 62.1 Å². The molecule has 4 heterocycles. The van der Waals surface area contributed by atoms with Crippen LogP contribution in [0.5, 0.6) is 0 Å². The molecule has 0 amide bonds. The molecule has 6 heteroatoms. The lowest BCUT2D eigenvalue weighted by Gasteiger charge is -2.14. The maximum Gasteiger partial charge on any atom is 0.164 e. The lowest BCUT2D eigenvalue weighted by Crippen LogP contribution is -2.01. The Bertz CT molecular complexity index is 4300. The van der Waals surface area contributed by atoms with Crippen LogP contribution in [-0.2, 0) is 0 Å². The van der Waals surface area contributed by atoms with Crippen molar-refractivity contribution in [2.75, 3.05) is 0 Å². The molecule has 4 aromatic heterocycles. The van der Waals surface area contributed by atoms with Gasteiger partial charge in [-0.05, 0) is 70.4 Å². The number of fused-ring (bicyclic) bond motifs is 11. The monoisotopic (exact) mass is 946 g/mol. The van der Waals surface area contributed by atoms with Crippen LogP contribution in [0.3, 0.4) is 0 Å². The summed E-state index contributed by atoms with van der Waals surface area (Å²) in [5, 5.41) is 9.65. The van der Waals surface area contributed by atoms with Gasteiger partial charge in [-0.1, -0.05) is 204 Å². The Hall–Kier alpha value is -8.71. The highest BCUT2D eigenvalue weighted by Gasteiger charge is 2.22. The van der Waals surface area contributed by atoms with Crippen LogP contribution < -0.4 is 0 Å². The summed E-state index contributed by atoms with van der Waals surface area (Å²) in [6.07, 6.45) is 1.25. The Morgan fingerprint density at radius 1 is 0.417 bits per heavy atom. The normalized spacial score (nSPS) is 11.4. The molecule has 5 nitrogen and oxygen atoms in total. The fourth-order valence-corrected chi connectivity index (χ4v) is 11.4. The minimum Gasteiger partial charge on any atom is -0.456 e. The molecule has 0 N–H and O–H groups in total. The molecular weight excluding hydrogens is 897 g/mol. The van der Waals surface area contributed by atoms with Crippen LogP contribution >= 0.6 is 11.3 Å². The fraction of sp³-hybridized carbons (Fsp3) is 0.0758. The quantitative estimate of drug-likeness (QED) is 0.167. The van der Waals surface area contributed by atoms with Gasteiger partial charge in [-0.3, -0.25) is 0 Å². The molecule has 346 valence electrons. The Morgan fingerprint density at radius 3 is 1.78 bits per heavy atom. The largest absolute Gasteiger partial charge is 0.456 e. The van der Waals surface area contributed by atoms with Gasteiger partial charge in [0, 0.05) is 75.2 Å². The highest BCUT2D eigenvalue weighted by atomic mass is 32.1. The molecule has 72 heavy (non-hydrogen) atoms. The van der Waals surface area contributed by atoms with Crippen molar-refractivity contribution < 1.29 is 4.42 Å². The van der Waals surface area contributed by atoms with Gasteiger partial charge < -0.3 is 8.98 Å². The number of benzene rings is 10. The minimum atomic E-state index is 0.577. The van der Waals surface area contributed by atoms with E-state index >= 15 is 0 Å². The van der Waals surface area contributed by atoms with Gasteiger partial charge in [0.2, 0.25) is 0 Å². The lowest BCUT2D eigenvalue weighted by molar-refractivity contribution is 0.669. The smallest absolute Gasteiger partial charge is 0.164 e. The number of rotatable bonds is 6. The van der Waals surface area contributed by atoms with Crippen molar-refractivity contribution in [3.05, 3.63) is 218 Å². The van der Waals surface area contributed by atoms with E-state index in [9.17, 15) is 0 Å². The molecule has 0 atom stereocenters. The van der Waals surface area contributed by atoms with E-state index in [1.807, 2.05) is 79.8 Å². The van der Waals surface area contributed by atoms with E-state index in [4.69, 9.17) is 19.4 Å². The van der Waals surface area contributed by atoms with Crippen LogP contribution in [-0.4, -0.2) is 19.5 Å². The third-order valence-electron chi connectivity index (χ3n) is 13.2. The molecular formula is C66H50N4OS. The van der Waals surface area contributed by atoms with Crippen molar-refractivity contribution in [2.24, 2.45) is 0 Å². The van der Waals surface area contributed by atoms with E-state index in [1.165, 1.54) is 70.4 Å². The van der Waals surface area contributed by atoms with Crippen LogP contribution in [0.15, 0.2) is 223 Å². The molecule has 0 aliphatic rings. The average Bonchev–Trinajstić information content (AvgIpc) is 4.14. The third-order valence-corrected chi connectivity index (χ3v) is 14.4. The van der Waals surface area contributed by atoms with Crippen molar-refractivity contribution in [2.45, 2.75) is 34.1 Å². The van der Waals surface area contributed by atoms with Crippen LogP contribution in [0.1, 0.15) is 34.1 Å². The number of thiophene rings is 1. The van der Waals surface area contributed by atoms with E-state index < -0.39 is 0 Å². The van der Waals surface area contributed by atoms with Gasteiger partial charge in [-0.2, -0.15) is 0 Å². The van der Waals surface area contributed by atoms with Crippen molar-refractivity contribution in [1.82, 2.24) is 19.5 Å². The summed E-state index contributed by atoms with van der Waals surface area (Å²) in [7, 11) is 0. The number of furan rings is 1. The SMILES string of the molecule is CC.CCC.c1ccc(-c2ccc3c(c2)c2cccc(-c4cccc5c4sc4ccc6ccccc6c45)c2n3-c2cccc(-c3nc(-c4ccccc4)nc(-c4ccc5c(c4)oc4ccccc45)n3)c2)cc1. The van der Waals surface area contributed by atoms with Gasteiger partial charge in [-0.15, -0.1) is 11.3 Å². The molecule has 0 saturated heterocycles. The summed E-state index contributed by atoms with van der Waals surface area (Å²) in [5.74, 6) is 1.77. The zero-order valence-corrected chi connectivity index (χ0v) is 41.4. The first-order valence-electron chi connectivity index (χ1n) is 24.9. The number of hydrogen-bond donors (Lipinski definition) is 0. The van der Waals surface area contributed by atoms with Gasteiger partial charge >= 0.3 is 0 Å². The van der Waals surface area contributed by atoms with Crippen LogP contribution in [0.25, 0.3) is 137 Å². The first-order chi connectivity index (χ1) is 35.6. The lowest BCUT2D eigenvalue weighted by atomic mass is 9.98. The molecule has 0 unspecified atom stereocenters. The van der Waals surface area contributed by atoms with Crippen molar-refractivity contribution in [1.29, 1.82) is 0 Å². The summed E-state index contributed by atoms with van der Waals surface area (Å²) in [6, 6.07) is 77.5. The predicted octanol–water partition coefficient (Wildman–Crippen LogP) is 19.2. The van der Waals surface area contributed by atoms with Gasteiger partial charge in [0.15, 0.2) is 17.5 Å². The number of para-hydroxylation sites is 2. The molecule has 0 bridgehead atoms.